The number of hydrogen-bond acceptors (Lipinski definition) is 3. The van der Waals surface area contributed by atoms with Crippen LogP contribution in [0, 0.1) is 15.3 Å². The third kappa shape index (κ3) is 3.60. The lowest BCUT2D eigenvalue weighted by molar-refractivity contribution is 0.621. The summed E-state index contributed by atoms with van der Waals surface area (Å²) in [6.45, 7) is 4.23. The molecule has 2 aromatic heterocycles. The summed E-state index contributed by atoms with van der Waals surface area (Å²) >= 11 is 8.27. The van der Waals surface area contributed by atoms with E-state index in [1.807, 2.05) is 0 Å². The molecule has 2 rings (SSSR count). The van der Waals surface area contributed by atoms with E-state index >= 15 is 0 Å². The molecule has 0 saturated heterocycles. The van der Waals surface area contributed by atoms with E-state index in [-0.39, 0.29) is 5.82 Å². The first kappa shape index (κ1) is 14.6. The van der Waals surface area contributed by atoms with Crippen molar-refractivity contribution in [3.63, 3.8) is 0 Å². The van der Waals surface area contributed by atoms with Crippen molar-refractivity contribution in [3.05, 3.63) is 38.6 Å². The maximum atomic E-state index is 12.9. The molecule has 0 saturated carbocycles. The predicted octanol–water partition coefficient (Wildman–Crippen LogP) is 4.13. The molecule has 0 fully saturated rings. The summed E-state index contributed by atoms with van der Waals surface area (Å²) in [5.74, 6) is 0.511. The van der Waals surface area contributed by atoms with Gasteiger partial charge in [0.1, 0.15) is 16.7 Å². The Labute approximate surface area is 129 Å². The van der Waals surface area contributed by atoms with Crippen molar-refractivity contribution in [2.24, 2.45) is 5.92 Å². The molecule has 100 valence electrons. The molecule has 0 aliphatic carbocycles. The number of pyridine rings is 1. The summed E-state index contributed by atoms with van der Waals surface area (Å²) in [5, 5.41) is 0.410. The van der Waals surface area contributed by atoms with E-state index in [0.717, 1.165) is 21.9 Å². The summed E-state index contributed by atoms with van der Waals surface area (Å²) in [4.78, 5) is 12.7. The van der Waals surface area contributed by atoms with Crippen LogP contribution in [0.5, 0.6) is 0 Å². The third-order valence-electron chi connectivity index (χ3n) is 2.44. The van der Waals surface area contributed by atoms with Crippen molar-refractivity contribution < 1.29 is 4.39 Å². The molecule has 0 bridgehead atoms. The molecule has 0 amide bonds. The van der Waals surface area contributed by atoms with Crippen molar-refractivity contribution in [1.82, 2.24) is 15.0 Å². The standard InChI is InChI=1S/C13H12ClFIN3/c1-7(2)5-10-11(16)12(14)19-13(18-10)9-4-3-8(15)6-17-9/h3-4,6-7H,5H2,1-2H3. The minimum Gasteiger partial charge on any atom is -0.250 e. The fourth-order valence-electron chi connectivity index (χ4n) is 1.61. The van der Waals surface area contributed by atoms with Crippen LogP contribution in [0.2, 0.25) is 5.15 Å². The predicted molar refractivity (Wildman–Crippen MR) is 81.5 cm³/mol. The van der Waals surface area contributed by atoms with Crippen LogP contribution < -0.4 is 0 Å². The van der Waals surface area contributed by atoms with Gasteiger partial charge >= 0.3 is 0 Å². The minimum atomic E-state index is -0.386. The topological polar surface area (TPSA) is 38.7 Å². The Morgan fingerprint density at radius 2 is 2.05 bits per heavy atom. The highest BCUT2D eigenvalue weighted by Crippen LogP contribution is 2.24. The molecule has 19 heavy (non-hydrogen) atoms. The lowest BCUT2D eigenvalue weighted by Gasteiger charge is -2.09. The molecule has 0 aromatic carbocycles. The molecule has 6 heteroatoms. The average molecular weight is 392 g/mol. The van der Waals surface area contributed by atoms with Crippen molar-refractivity contribution in [2.75, 3.05) is 0 Å². The van der Waals surface area contributed by atoms with E-state index in [0.29, 0.717) is 22.6 Å². The van der Waals surface area contributed by atoms with Crippen LogP contribution in [0.15, 0.2) is 18.3 Å². The molecule has 3 nitrogen and oxygen atoms in total. The highest BCUT2D eigenvalue weighted by molar-refractivity contribution is 14.1. The van der Waals surface area contributed by atoms with Crippen LogP contribution in [0.4, 0.5) is 4.39 Å². The molecule has 0 spiro atoms. The highest BCUT2D eigenvalue weighted by Gasteiger charge is 2.14. The first-order valence-electron chi connectivity index (χ1n) is 5.81. The molecular formula is C13H12ClFIN3. The molecule has 0 unspecified atom stereocenters. The summed E-state index contributed by atoms with van der Waals surface area (Å²) < 4.78 is 13.7. The second-order valence-corrected chi connectivity index (χ2v) is 6.00. The van der Waals surface area contributed by atoms with Crippen molar-refractivity contribution in [3.8, 4) is 11.5 Å². The zero-order valence-corrected chi connectivity index (χ0v) is 13.4. The summed E-state index contributed by atoms with van der Waals surface area (Å²) in [7, 11) is 0. The van der Waals surface area contributed by atoms with Gasteiger partial charge in [-0.3, -0.25) is 0 Å². The number of nitrogens with zero attached hydrogens (tertiary/aromatic N) is 3. The van der Waals surface area contributed by atoms with E-state index in [9.17, 15) is 4.39 Å². The minimum absolute atomic E-state index is 0.386. The number of hydrogen-bond donors (Lipinski definition) is 0. The summed E-state index contributed by atoms with van der Waals surface area (Å²) in [6.07, 6.45) is 1.96. The van der Waals surface area contributed by atoms with E-state index in [1.54, 1.807) is 6.07 Å². The maximum absolute atomic E-state index is 12.9. The van der Waals surface area contributed by atoms with Gasteiger partial charge < -0.3 is 0 Å². The third-order valence-corrected chi connectivity index (χ3v) is 4.16. The van der Waals surface area contributed by atoms with Gasteiger partial charge in [-0.1, -0.05) is 25.4 Å². The molecule has 0 aliphatic rings. The quantitative estimate of drug-likeness (QED) is 0.583. The lowest BCUT2D eigenvalue weighted by atomic mass is 10.1. The monoisotopic (exact) mass is 391 g/mol. The van der Waals surface area contributed by atoms with Crippen LogP contribution >= 0.6 is 34.2 Å². The molecule has 0 atom stereocenters. The average Bonchev–Trinajstić information content (AvgIpc) is 2.35. The second-order valence-electron chi connectivity index (χ2n) is 4.56. The molecular weight excluding hydrogens is 380 g/mol. The first-order valence-corrected chi connectivity index (χ1v) is 7.27. The number of rotatable bonds is 3. The van der Waals surface area contributed by atoms with Gasteiger partial charge in [0.25, 0.3) is 0 Å². The van der Waals surface area contributed by atoms with Gasteiger partial charge in [0.15, 0.2) is 5.82 Å². The van der Waals surface area contributed by atoms with Crippen molar-refractivity contribution in [1.29, 1.82) is 0 Å². The Morgan fingerprint density at radius 3 is 2.63 bits per heavy atom. The fourth-order valence-corrected chi connectivity index (χ4v) is 2.26. The Kier molecular flexibility index (Phi) is 4.67. The molecule has 0 N–H and O–H groups in total. The number of halogens is 3. The van der Waals surface area contributed by atoms with Crippen LogP contribution in [0.25, 0.3) is 11.5 Å². The first-order chi connectivity index (χ1) is 8.97. The van der Waals surface area contributed by atoms with Gasteiger partial charge in [-0.15, -0.1) is 0 Å². The van der Waals surface area contributed by atoms with Gasteiger partial charge in [0.05, 0.1) is 15.5 Å². The van der Waals surface area contributed by atoms with Crippen LogP contribution in [-0.2, 0) is 6.42 Å². The molecule has 2 aromatic rings. The Bertz CT molecular complexity index is 587. The normalized spacial score (nSPS) is 11.1. The van der Waals surface area contributed by atoms with Crippen LogP contribution in [-0.4, -0.2) is 15.0 Å². The molecule has 0 aliphatic heterocycles. The Hall–Kier alpha value is -0.820. The largest absolute Gasteiger partial charge is 0.250 e. The van der Waals surface area contributed by atoms with Gasteiger partial charge in [-0.2, -0.15) is 0 Å². The summed E-state index contributed by atoms with van der Waals surface area (Å²) in [6, 6.07) is 2.88. The second kappa shape index (κ2) is 6.09. The van der Waals surface area contributed by atoms with E-state index < -0.39 is 0 Å². The zero-order valence-electron chi connectivity index (χ0n) is 10.5. The Morgan fingerprint density at radius 1 is 1.32 bits per heavy atom. The lowest BCUT2D eigenvalue weighted by Crippen LogP contribution is -2.05. The van der Waals surface area contributed by atoms with Gasteiger partial charge in [0, 0.05) is 0 Å². The number of aromatic nitrogens is 3. The van der Waals surface area contributed by atoms with E-state index in [2.05, 4.69) is 51.4 Å². The van der Waals surface area contributed by atoms with Gasteiger partial charge in [0.2, 0.25) is 0 Å². The zero-order chi connectivity index (χ0) is 14.0. The SMILES string of the molecule is CC(C)Cc1nc(-c2ccc(F)cn2)nc(Cl)c1I. The van der Waals surface area contributed by atoms with Gasteiger partial charge in [-0.05, 0) is 47.1 Å². The van der Waals surface area contributed by atoms with Crippen molar-refractivity contribution >= 4 is 34.2 Å². The van der Waals surface area contributed by atoms with Gasteiger partial charge in [-0.25, -0.2) is 19.3 Å². The van der Waals surface area contributed by atoms with E-state index in [4.69, 9.17) is 11.6 Å². The maximum Gasteiger partial charge on any atom is 0.179 e. The Balaban J connectivity index is 2.46. The fraction of sp³-hybridized carbons (Fsp3) is 0.308. The van der Waals surface area contributed by atoms with Crippen molar-refractivity contribution in [2.45, 2.75) is 20.3 Å². The van der Waals surface area contributed by atoms with E-state index in [1.165, 1.54) is 6.07 Å². The van der Waals surface area contributed by atoms with Crippen LogP contribution in [0.3, 0.4) is 0 Å². The highest BCUT2D eigenvalue weighted by atomic mass is 127. The van der Waals surface area contributed by atoms with Crippen LogP contribution in [0.1, 0.15) is 19.5 Å². The summed E-state index contributed by atoms with van der Waals surface area (Å²) in [5.41, 5.74) is 1.42. The smallest absolute Gasteiger partial charge is 0.179 e. The molecule has 2 heterocycles. The molecule has 0 radical (unpaired) electrons.